The van der Waals surface area contributed by atoms with Crippen LogP contribution in [-0.4, -0.2) is 21.1 Å². The summed E-state index contributed by atoms with van der Waals surface area (Å²) in [5, 5.41) is 12.8. The summed E-state index contributed by atoms with van der Waals surface area (Å²) in [5.74, 6) is 0.394. The number of thiazole rings is 1. The van der Waals surface area contributed by atoms with Gasteiger partial charge in [-0.25, -0.2) is 4.98 Å². The van der Waals surface area contributed by atoms with Crippen LogP contribution < -0.4 is 5.32 Å². The van der Waals surface area contributed by atoms with E-state index in [-0.39, 0.29) is 5.91 Å². The van der Waals surface area contributed by atoms with Crippen molar-refractivity contribution >= 4 is 78.9 Å². The van der Waals surface area contributed by atoms with Crippen molar-refractivity contribution in [2.45, 2.75) is 10.1 Å². The molecule has 1 N–H and O–H groups in total. The number of carbonyl (C=O) groups excluding carboxylic acids is 1. The van der Waals surface area contributed by atoms with Gasteiger partial charge in [0.15, 0.2) is 9.35 Å². The van der Waals surface area contributed by atoms with Gasteiger partial charge in [0, 0.05) is 5.75 Å². The Morgan fingerprint density at radius 1 is 1.07 bits per heavy atom. The third kappa shape index (κ3) is 4.41. The molecule has 27 heavy (non-hydrogen) atoms. The number of rotatable bonds is 5. The van der Waals surface area contributed by atoms with Gasteiger partial charge in [0.05, 0.1) is 20.3 Å². The van der Waals surface area contributed by atoms with Crippen LogP contribution in [0.1, 0.15) is 15.4 Å². The molecule has 2 aromatic heterocycles. The van der Waals surface area contributed by atoms with Gasteiger partial charge in [-0.15, -0.1) is 21.5 Å². The van der Waals surface area contributed by atoms with Crippen LogP contribution in [0.15, 0.2) is 46.8 Å². The van der Waals surface area contributed by atoms with Gasteiger partial charge in [-0.3, -0.25) is 10.1 Å². The molecule has 0 radical (unpaired) electrons. The summed E-state index contributed by atoms with van der Waals surface area (Å²) in [7, 11) is 0. The zero-order chi connectivity index (χ0) is 18.8. The van der Waals surface area contributed by atoms with Crippen LogP contribution in [0.2, 0.25) is 10.0 Å². The molecule has 4 rings (SSSR count). The molecule has 2 heterocycles. The van der Waals surface area contributed by atoms with Crippen LogP contribution in [0.3, 0.4) is 0 Å². The van der Waals surface area contributed by atoms with E-state index in [9.17, 15) is 4.79 Å². The molecule has 0 saturated heterocycles. The third-order valence-corrected chi connectivity index (χ3v) is 7.28. The quantitative estimate of drug-likeness (QED) is 0.297. The van der Waals surface area contributed by atoms with Crippen molar-refractivity contribution in [3.8, 4) is 0 Å². The second-order valence-electron chi connectivity index (χ2n) is 5.35. The molecule has 0 aliphatic rings. The van der Waals surface area contributed by atoms with Gasteiger partial charge < -0.3 is 0 Å². The van der Waals surface area contributed by atoms with Crippen LogP contribution in [0.4, 0.5) is 5.13 Å². The number of para-hydroxylation sites is 1. The van der Waals surface area contributed by atoms with E-state index in [4.69, 9.17) is 23.2 Å². The van der Waals surface area contributed by atoms with E-state index in [1.165, 1.54) is 34.4 Å². The Morgan fingerprint density at radius 3 is 2.74 bits per heavy atom. The first-order chi connectivity index (χ1) is 13.1. The first-order valence-electron chi connectivity index (χ1n) is 7.65. The van der Waals surface area contributed by atoms with Crippen LogP contribution in [0.25, 0.3) is 10.2 Å². The van der Waals surface area contributed by atoms with Crippen molar-refractivity contribution < 1.29 is 4.79 Å². The maximum absolute atomic E-state index is 12.4. The zero-order valence-corrected chi connectivity index (χ0v) is 17.4. The highest BCUT2D eigenvalue weighted by molar-refractivity contribution is 8.00. The van der Waals surface area contributed by atoms with Crippen molar-refractivity contribution in [2.24, 2.45) is 0 Å². The number of benzene rings is 2. The Morgan fingerprint density at radius 2 is 1.93 bits per heavy atom. The lowest BCUT2D eigenvalue weighted by Crippen LogP contribution is -2.11. The van der Waals surface area contributed by atoms with Gasteiger partial charge in [-0.1, -0.05) is 64.5 Å². The van der Waals surface area contributed by atoms with E-state index in [0.29, 0.717) is 25.9 Å². The minimum atomic E-state index is -0.284. The first kappa shape index (κ1) is 18.6. The smallest absolute Gasteiger partial charge is 0.286 e. The first-order valence-corrected chi connectivity index (χ1v) is 11.0. The summed E-state index contributed by atoms with van der Waals surface area (Å²) in [6.45, 7) is 0. The average molecular weight is 453 g/mol. The maximum Gasteiger partial charge on any atom is 0.286 e. The molecule has 0 spiro atoms. The summed E-state index contributed by atoms with van der Waals surface area (Å²) in [4.78, 5) is 16.7. The van der Waals surface area contributed by atoms with E-state index in [0.717, 1.165) is 20.1 Å². The second kappa shape index (κ2) is 8.12. The second-order valence-corrected chi connectivity index (χ2v) is 9.40. The molecular formula is C17H10Cl2N4OS3. The van der Waals surface area contributed by atoms with E-state index in [1.54, 1.807) is 6.07 Å². The van der Waals surface area contributed by atoms with Gasteiger partial charge in [0.1, 0.15) is 0 Å². The lowest BCUT2D eigenvalue weighted by Gasteiger charge is -2.01. The maximum atomic E-state index is 12.4. The molecule has 1 amide bonds. The predicted molar refractivity (Wildman–Crippen MR) is 114 cm³/mol. The molecule has 2 aromatic carbocycles. The topological polar surface area (TPSA) is 67.8 Å². The molecule has 0 atom stereocenters. The fourth-order valence-corrected chi connectivity index (χ4v) is 5.08. The largest absolute Gasteiger partial charge is 0.294 e. The Labute approximate surface area is 176 Å². The number of carbonyl (C=O) groups is 1. The Balaban J connectivity index is 1.40. The van der Waals surface area contributed by atoms with E-state index in [2.05, 4.69) is 20.5 Å². The highest BCUT2D eigenvalue weighted by atomic mass is 35.5. The number of hydrogen-bond donors (Lipinski definition) is 1. The number of hydrogen-bond acceptors (Lipinski definition) is 7. The highest BCUT2D eigenvalue weighted by Crippen LogP contribution is 2.31. The Bertz CT molecular complexity index is 1100. The van der Waals surface area contributed by atoms with Crippen molar-refractivity contribution in [3.63, 3.8) is 0 Å². The lowest BCUT2D eigenvalue weighted by molar-refractivity contribution is 0.102. The SMILES string of the molecule is O=C(Nc1nnc(SCc2ccc(Cl)c(Cl)c2)s1)c1nc2ccccc2s1. The molecule has 0 saturated carbocycles. The average Bonchev–Trinajstić information content (AvgIpc) is 3.29. The highest BCUT2D eigenvalue weighted by Gasteiger charge is 2.15. The normalized spacial score (nSPS) is 11.0. The zero-order valence-electron chi connectivity index (χ0n) is 13.5. The summed E-state index contributed by atoms with van der Waals surface area (Å²) < 4.78 is 1.72. The summed E-state index contributed by atoms with van der Waals surface area (Å²) in [6.07, 6.45) is 0. The van der Waals surface area contributed by atoms with Gasteiger partial charge in [-0.2, -0.15) is 0 Å². The van der Waals surface area contributed by atoms with Gasteiger partial charge in [0.25, 0.3) is 5.91 Å². The van der Waals surface area contributed by atoms with Gasteiger partial charge in [0.2, 0.25) is 5.13 Å². The molecule has 4 aromatic rings. The van der Waals surface area contributed by atoms with Crippen LogP contribution in [0, 0.1) is 0 Å². The van der Waals surface area contributed by atoms with Crippen molar-refractivity contribution in [1.29, 1.82) is 0 Å². The fourth-order valence-electron chi connectivity index (χ4n) is 2.21. The van der Waals surface area contributed by atoms with Crippen molar-refractivity contribution in [2.75, 3.05) is 5.32 Å². The third-order valence-electron chi connectivity index (χ3n) is 3.46. The van der Waals surface area contributed by atoms with E-state index < -0.39 is 0 Å². The molecule has 0 aliphatic heterocycles. The van der Waals surface area contributed by atoms with E-state index in [1.807, 2.05) is 36.4 Å². The molecule has 5 nitrogen and oxygen atoms in total. The van der Waals surface area contributed by atoms with E-state index >= 15 is 0 Å². The molecule has 0 fully saturated rings. The monoisotopic (exact) mass is 452 g/mol. The lowest BCUT2D eigenvalue weighted by atomic mass is 10.2. The molecule has 0 aliphatic carbocycles. The minimum Gasteiger partial charge on any atom is -0.294 e. The molecule has 136 valence electrons. The molecule has 10 heteroatoms. The van der Waals surface area contributed by atoms with Crippen LogP contribution in [-0.2, 0) is 5.75 Å². The molecular weight excluding hydrogens is 443 g/mol. The van der Waals surface area contributed by atoms with Gasteiger partial charge >= 0.3 is 0 Å². The summed E-state index contributed by atoms with van der Waals surface area (Å²) in [6, 6.07) is 13.1. The number of anilines is 1. The Hall–Kier alpha value is -1.71. The number of nitrogens with one attached hydrogen (secondary N) is 1. The number of fused-ring (bicyclic) bond motifs is 1. The number of thioether (sulfide) groups is 1. The Kier molecular flexibility index (Phi) is 5.60. The predicted octanol–water partition coefficient (Wildman–Crippen LogP) is 6.00. The number of halogens is 2. The van der Waals surface area contributed by atoms with Gasteiger partial charge in [-0.05, 0) is 29.8 Å². The van der Waals surface area contributed by atoms with Crippen LogP contribution in [0.5, 0.6) is 0 Å². The summed E-state index contributed by atoms with van der Waals surface area (Å²) in [5.41, 5.74) is 1.84. The van der Waals surface area contributed by atoms with Crippen LogP contribution >= 0.6 is 57.6 Å². The van der Waals surface area contributed by atoms with Crippen molar-refractivity contribution in [3.05, 3.63) is 63.1 Å². The molecule has 0 bridgehead atoms. The minimum absolute atomic E-state index is 0.284. The number of nitrogens with zero attached hydrogens (tertiary/aromatic N) is 3. The number of aromatic nitrogens is 3. The molecule has 0 unspecified atom stereocenters. The van der Waals surface area contributed by atoms with Crippen molar-refractivity contribution in [1.82, 2.24) is 15.2 Å². The fraction of sp³-hybridized carbons (Fsp3) is 0.0588. The number of amides is 1. The standard InChI is InChI=1S/C17H10Cl2N4OS3/c18-10-6-5-9(7-11(10)19)8-25-17-23-22-16(27-17)21-14(24)15-20-12-3-1-2-4-13(12)26-15/h1-7H,8H2,(H,21,22,24). The summed E-state index contributed by atoms with van der Waals surface area (Å²) >= 11 is 16.1.